The molecule has 104 valence electrons. The second-order valence-electron chi connectivity index (χ2n) is 4.07. The van der Waals surface area contributed by atoms with Crippen molar-refractivity contribution in [1.29, 1.82) is 5.26 Å². The summed E-state index contributed by atoms with van der Waals surface area (Å²) in [6.45, 7) is 0. The molecule has 0 unspecified atom stereocenters. The summed E-state index contributed by atoms with van der Waals surface area (Å²) in [4.78, 5) is 13.8. The molecule has 1 aromatic carbocycles. The van der Waals surface area contributed by atoms with Crippen molar-refractivity contribution in [3.8, 4) is 17.6 Å². The van der Waals surface area contributed by atoms with Crippen LogP contribution in [0.15, 0.2) is 36.7 Å². The molecule has 0 fully saturated rings. The van der Waals surface area contributed by atoms with Crippen LogP contribution in [-0.4, -0.2) is 20.1 Å². The fourth-order valence-electron chi connectivity index (χ4n) is 1.73. The van der Waals surface area contributed by atoms with Gasteiger partial charge in [0, 0.05) is 18.5 Å². The molecule has 21 heavy (non-hydrogen) atoms. The van der Waals surface area contributed by atoms with E-state index in [9.17, 15) is 20.3 Å². The third-order valence-electron chi connectivity index (χ3n) is 2.71. The number of nitro groups is 1. The Morgan fingerprint density at radius 1 is 1.33 bits per heavy atom. The first kappa shape index (κ1) is 14.0. The first-order valence-electron chi connectivity index (χ1n) is 5.75. The van der Waals surface area contributed by atoms with E-state index in [2.05, 4.69) is 4.98 Å². The Hall–Kier alpha value is -3.40. The summed E-state index contributed by atoms with van der Waals surface area (Å²) in [6.07, 6.45) is 4.40. The number of phenolic OH excluding ortho intramolecular Hbond substituents is 2. The number of nitro benzene ring substituents is 1. The zero-order valence-electron chi connectivity index (χ0n) is 10.6. The van der Waals surface area contributed by atoms with Crippen molar-refractivity contribution >= 4 is 17.3 Å². The third kappa shape index (κ3) is 2.96. The summed E-state index contributed by atoms with van der Waals surface area (Å²) in [5.74, 6) is -1.43. The number of allylic oxidation sites excluding steroid dienone is 1. The second-order valence-corrected chi connectivity index (χ2v) is 4.07. The zero-order valence-corrected chi connectivity index (χ0v) is 10.6. The van der Waals surface area contributed by atoms with Gasteiger partial charge in [0.25, 0.3) is 0 Å². The smallest absolute Gasteiger partial charge is 0.315 e. The van der Waals surface area contributed by atoms with Crippen LogP contribution in [0.3, 0.4) is 0 Å². The fourth-order valence-corrected chi connectivity index (χ4v) is 1.73. The van der Waals surface area contributed by atoms with Crippen LogP contribution in [-0.2, 0) is 0 Å². The molecule has 0 amide bonds. The summed E-state index contributed by atoms with van der Waals surface area (Å²) in [5.41, 5.74) is 0.429. The predicted octanol–water partition coefficient (Wildman–Crippen LogP) is 2.47. The molecular weight excluding hydrogens is 274 g/mol. The van der Waals surface area contributed by atoms with E-state index in [0.29, 0.717) is 5.56 Å². The Bertz CT molecular complexity index is 764. The molecule has 2 rings (SSSR count). The van der Waals surface area contributed by atoms with Crippen molar-refractivity contribution < 1.29 is 15.1 Å². The Morgan fingerprint density at radius 2 is 2.00 bits per heavy atom. The topological polar surface area (TPSA) is 120 Å². The maximum atomic E-state index is 10.8. The number of aromatic nitrogens is 1. The van der Waals surface area contributed by atoms with Gasteiger partial charge < -0.3 is 10.2 Å². The molecule has 0 spiro atoms. The minimum Gasteiger partial charge on any atom is -0.504 e. The van der Waals surface area contributed by atoms with Crippen molar-refractivity contribution in [2.75, 3.05) is 0 Å². The number of aromatic hydroxyl groups is 2. The average Bonchev–Trinajstić information content (AvgIpc) is 2.48. The minimum absolute atomic E-state index is 0.227. The number of nitriles is 1. The Labute approximate surface area is 119 Å². The van der Waals surface area contributed by atoms with Crippen LogP contribution in [0.1, 0.15) is 11.1 Å². The summed E-state index contributed by atoms with van der Waals surface area (Å²) in [7, 11) is 0. The lowest BCUT2D eigenvalue weighted by atomic mass is 10.0. The number of nitrogens with zero attached hydrogens (tertiary/aromatic N) is 3. The monoisotopic (exact) mass is 283 g/mol. The number of pyridine rings is 1. The van der Waals surface area contributed by atoms with E-state index < -0.39 is 22.1 Å². The molecule has 0 atom stereocenters. The lowest BCUT2D eigenvalue weighted by Gasteiger charge is -2.03. The molecule has 0 saturated heterocycles. The number of rotatable bonds is 3. The third-order valence-corrected chi connectivity index (χ3v) is 2.71. The van der Waals surface area contributed by atoms with Crippen LogP contribution in [0.4, 0.5) is 5.69 Å². The highest BCUT2D eigenvalue weighted by Gasteiger charge is 2.18. The highest BCUT2D eigenvalue weighted by atomic mass is 16.6. The van der Waals surface area contributed by atoms with Crippen molar-refractivity contribution in [1.82, 2.24) is 4.98 Å². The Morgan fingerprint density at radius 3 is 2.57 bits per heavy atom. The van der Waals surface area contributed by atoms with Gasteiger partial charge >= 0.3 is 5.69 Å². The van der Waals surface area contributed by atoms with Gasteiger partial charge in [-0.1, -0.05) is 0 Å². The average molecular weight is 283 g/mol. The van der Waals surface area contributed by atoms with E-state index in [4.69, 9.17) is 5.26 Å². The molecule has 0 bridgehead atoms. The molecule has 0 aliphatic heterocycles. The predicted molar refractivity (Wildman–Crippen MR) is 74.1 cm³/mol. The first-order chi connectivity index (χ1) is 10.0. The summed E-state index contributed by atoms with van der Waals surface area (Å²) < 4.78 is 0. The van der Waals surface area contributed by atoms with Crippen molar-refractivity contribution in [3.63, 3.8) is 0 Å². The molecule has 7 heteroatoms. The van der Waals surface area contributed by atoms with Gasteiger partial charge in [0.05, 0.1) is 16.6 Å². The van der Waals surface area contributed by atoms with Gasteiger partial charge in [-0.05, 0) is 35.4 Å². The maximum absolute atomic E-state index is 10.8. The van der Waals surface area contributed by atoms with Gasteiger partial charge in [0.2, 0.25) is 5.75 Å². The lowest BCUT2D eigenvalue weighted by Crippen LogP contribution is -1.90. The van der Waals surface area contributed by atoms with E-state index in [0.717, 1.165) is 12.1 Å². The van der Waals surface area contributed by atoms with Crippen LogP contribution in [0, 0.1) is 21.4 Å². The van der Waals surface area contributed by atoms with Gasteiger partial charge in [-0.15, -0.1) is 0 Å². The molecule has 0 saturated carbocycles. The minimum atomic E-state index is -0.815. The maximum Gasteiger partial charge on any atom is 0.315 e. The largest absolute Gasteiger partial charge is 0.504 e. The van der Waals surface area contributed by atoms with Crippen molar-refractivity contribution in [2.24, 2.45) is 0 Å². The molecule has 0 aliphatic carbocycles. The molecular formula is C14H9N3O4. The molecule has 2 N–H and O–H groups in total. The van der Waals surface area contributed by atoms with Crippen molar-refractivity contribution in [2.45, 2.75) is 0 Å². The van der Waals surface area contributed by atoms with Crippen LogP contribution in [0.5, 0.6) is 11.5 Å². The molecule has 0 aliphatic rings. The van der Waals surface area contributed by atoms with Gasteiger partial charge in [0.15, 0.2) is 5.75 Å². The molecule has 1 aromatic heterocycles. The standard InChI is InChI=1S/C14H9N3O4/c15-8-11(10-1-3-16-4-2-10)5-9-6-12(17(20)21)14(19)13(18)7-9/h1-7,18-19H. The van der Waals surface area contributed by atoms with Gasteiger partial charge in [-0.3, -0.25) is 15.1 Å². The van der Waals surface area contributed by atoms with Crippen LogP contribution >= 0.6 is 0 Å². The lowest BCUT2D eigenvalue weighted by molar-refractivity contribution is -0.386. The summed E-state index contributed by atoms with van der Waals surface area (Å²) in [5, 5.41) is 38.9. The van der Waals surface area contributed by atoms with E-state index >= 15 is 0 Å². The Balaban J connectivity index is 2.54. The van der Waals surface area contributed by atoms with Crippen LogP contribution in [0.2, 0.25) is 0 Å². The fraction of sp³-hybridized carbons (Fsp3) is 0. The van der Waals surface area contributed by atoms with Gasteiger partial charge in [-0.25, -0.2) is 0 Å². The van der Waals surface area contributed by atoms with Crippen LogP contribution in [0.25, 0.3) is 11.6 Å². The van der Waals surface area contributed by atoms with Crippen LogP contribution < -0.4 is 0 Å². The van der Waals surface area contributed by atoms with Gasteiger partial charge in [-0.2, -0.15) is 5.26 Å². The number of hydrogen-bond donors (Lipinski definition) is 2. The number of hydrogen-bond acceptors (Lipinski definition) is 6. The van der Waals surface area contributed by atoms with E-state index in [-0.39, 0.29) is 11.1 Å². The quantitative estimate of drug-likeness (QED) is 0.386. The van der Waals surface area contributed by atoms with E-state index in [1.54, 1.807) is 12.1 Å². The summed E-state index contributed by atoms with van der Waals surface area (Å²) >= 11 is 0. The summed E-state index contributed by atoms with van der Waals surface area (Å²) in [6, 6.07) is 7.42. The van der Waals surface area contributed by atoms with E-state index in [1.807, 2.05) is 6.07 Å². The second kappa shape index (κ2) is 5.71. The van der Waals surface area contributed by atoms with Crippen molar-refractivity contribution in [3.05, 3.63) is 57.9 Å². The molecule has 2 aromatic rings. The SMILES string of the molecule is N#CC(=Cc1cc(O)c(O)c([N+](=O)[O-])c1)c1ccncc1. The molecule has 1 heterocycles. The normalized spacial score (nSPS) is 10.9. The zero-order chi connectivity index (χ0) is 15.4. The Kier molecular flexibility index (Phi) is 3.81. The highest BCUT2D eigenvalue weighted by Crippen LogP contribution is 2.37. The number of phenols is 2. The molecule has 7 nitrogen and oxygen atoms in total. The highest BCUT2D eigenvalue weighted by molar-refractivity contribution is 5.90. The first-order valence-corrected chi connectivity index (χ1v) is 5.75. The molecule has 0 radical (unpaired) electrons. The van der Waals surface area contributed by atoms with E-state index in [1.165, 1.54) is 18.5 Å². The number of benzene rings is 1. The van der Waals surface area contributed by atoms with Gasteiger partial charge in [0.1, 0.15) is 0 Å².